The third kappa shape index (κ3) is 3.11. The Balaban J connectivity index is 2.37. The number of hydrogen-bond acceptors (Lipinski definition) is 4. The fourth-order valence-corrected chi connectivity index (χ4v) is 5.17. The molecule has 1 aromatic rings. The maximum atomic E-state index is 12.8. The van der Waals surface area contributed by atoms with Crippen molar-refractivity contribution in [1.82, 2.24) is 0 Å². The van der Waals surface area contributed by atoms with E-state index in [1.807, 2.05) is 31.7 Å². The fourth-order valence-electron chi connectivity index (χ4n) is 2.47. The molecule has 2 atom stereocenters. The molecular formula is C15H20O2S2. The molecule has 19 heavy (non-hydrogen) atoms. The lowest BCUT2D eigenvalue weighted by molar-refractivity contribution is 0.0986. The number of hydrogen-bond donors (Lipinski definition) is 0. The van der Waals surface area contributed by atoms with Crippen molar-refractivity contribution in [2.24, 2.45) is 0 Å². The summed E-state index contributed by atoms with van der Waals surface area (Å²) in [5.41, 5.74) is 2.91. The van der Waals surface area contributed by atoms with Crippen LogP contribution in [0.5, 0.6) is 5.75 Å². The maximum absolute atomic E-state index is 12.8. The van der Waals surface area contributed by atoms with Gasteiger partial charge in [0.1, 0.15) is 5.75 Å². The minimum absolute atomic E-state index is 0.0501. The summed E-state index contributed by atoms with van der Waals surface area (Å²) in [4.78, 5) is 12.8. The summed E-state index contributed by atoms with van der Waals surface area (Å²) in [5, 5.41) is 0.422. The van der Waals surface area contributed by atoms with Gasteiger partial charge in [0.2, 0.25) is 0 Å². The summed E-state index contributed by atoms with van der Waals surface area (Å²) >= 11 is 3.67. The van der Waals surface area contributed by atoms with Crippen LogP contribution in [0.25, 0.3) is 0 Å². The van der Waals surface area contributed by atoms with Gasteiger partial charge >= 0.3 is 0 Å². The minimum atomic E-state index is 0.0501. The van der Waals surface area contributed by atoms with Gasteiger partial charge in [0.05, 0.1) is 17.9 Å². The first-order valence-corrected chi connectivity index (χ1v) is 8.57. The molecule has 0 radical (unpaired) electrons. The van der Waals surface area contributed by atoms with Crippen LogP contribution in [0.4, 0.5) is 0 Å². The fraction of sp³-hybridized carbons (Fsp3) is 0.533. The molecule has 2 rings (SSSR count). The van der Waals surface area contributed by atoms with E-state index in [2.05, 4.69) is 13.0 Å². The van der Waals surface area contributed by atoms with Crippen LogP contribution in [0.3, 0.4) is 0 Å². The van der Waals surface area contributed by atoms with Crippen LogP contribution in [0, 0.1) is 13.8 Å². The molecule has 1 fully saturated rings. The topological polar surface area (TPSA) is 26.3 Å². The molecule has 1 saturated heterocycles. The number of ketones is 1. The van der Waals surface area contributed by atoms with E-state index in [0.717, 1.165) is 28.2 Å². The van der Waals surface area contributed by atoms with E-state index in [9.17, 15) is 4.79 Å². The van der Waals surface area contributed by atoms with Crippen LogP contribution in [0.15, 0.2) is 12.1 Å². The normalized spacial score (nSPS) is 23.2. The van der Waals surface area contributed by atoms with Crippen molar-refractivity contribution in [3.63, 3.8) is 0 Å². The Morgan fingerprint density at radius 2 is 1.95 bits per heavy atom. The second-order valence-electron chi connectivity index (χ2n) is 4.89. The zero-order valence-corrected chi connectivity index (χ0v) is 13.5. The largest absolute Gasteiger partial charge is 0.496 e. The van der Waals surface area contributed by atoms with E-state index in [0.29, 0.717) is 11.0 Å². The highest BCUT2D eigenvalue weighted by Gasteiger charge is 2.32. The molecule has 1 aliphatic rings. The SMILES string of the molecule is COc1cc(C)cc(C)c1C(=O)C1SCCSC1C. The van der Waals surface area contributed by atoms with Gasteiger partial charge in [0, 0.05) is 16.8 Å². The number of carbonyl (C=O) groups is 1. The van der Waals surface area contributed by atoms with Gasteiger partial charge in [-0.05, 0) is 31.0 Å². The highest BCUT2D eigenvalue weighted by atomic mass is 32.2. The average molecular weight is 296 g/mol. The van der Waals surface area contributed by atoms with E-state index >= 15 is 0 Å². The smallest absolute Gasteiger partial charge is 0.180 e. The number of benzene rings is 1. The summed E-state index contributed by atoms with van der Waals surface area (Å²) in [5.74, 6) is 3.13. The zero-order chi connectivity index (χ0) is 14.0. The molecule has 0 aliphatic carbocycles. The molecule has 2 unspecified atom stereocenters. The molecule has 1 aromatic carbocycles. The van der Waals surface area contributed by atoms with Crippen molar-refractivity contribution in [2.75, 3.05) is 18.6 Å². The molecule has 0 saturated carbocycles. The summed E-state index contributed by atoms with van der Waals surface area (Å²) < 4.78 is 5.42. The predicted octanol–water partition coefficient (Wildman–Crippen LogP) is 3.73. The highest BCUT2D eigenvalue weighted by Crippen LogP contribution is 2.36. The van der Waals surface area contributed by atoms with Crippen LogP contribution < -0.4 is 4.74 Å². The highest BCUT2D eigenvalue weighted by molar-refractivity contribution is 8.07. The van der Waals surface area contributed by atoms with E-state index in [1.54, 1.807) is 18.9 Å². The number of ether oxygens (including phenoxy) is 1. The van der Waals surface area contributed by atoms with Gasteiger partial charge in [-0.3, -0.25) is 4.79 Å². The third-order valence-electron chi connectivity index (χ3n) is 3.36. The molecule has 1 heterocycles. The Labute approximate surface area is 123 Å². The molecule has 0 aromatic heterocycles. The predicted molar refractivity (Wildman–Crippen MR) is 85.0 cm³/mol. The Bertz CT molecular complexity index is 485. The number of rotatable bonds is 3. The maximum Gasteiger partial charge on any atom is 0.180 e. The number of thioether (sulfide) groups is 2. The van der Waals surface area contributed by atoms with Crippen LogP contribution in [-0.2, 0) is 0 Å². The molecule has 1 aliphatic heterocycles. The van der Waals surface area contributed by atoms with E-state index in [-0.39, 0.29) is 11.0 Å². The monoisotopic (exact) mass is 296 g/mol. The quantitative estimate of drug-likeness (QED) is 0.794. The van der Waals surface area contributed by atoms with E-state index in [1.165, 1.54) is 0 Å². The van der Waals surface area contributed by atoms with E-state index in [4.69, 9.17) is 4.74 Å². The van der Waals surface area contributed by atoms with Crippen LogP contribution in [-0.4, -0.2) is 34.9 Å². The lowest BCUT2D eigenvalue weighted by Gasteiger charge is -2.27. The van der Waals surface area contributed by atoms with Gasteiger partial charge in [-0.1, -0.05) is 13.0 Å². The number of Topliss-reactive ketones (excluding diaryl/α,β-unsaturated/α-hetero) is 1. The molecule has 2 nitrogen and oxygen atoms in total. The molecule has 0 N–H and O–H groups in total. The van der Waals surface area contributed by atoms with Crippen molar-refractivity contribution in [2.45, 2.75) is 31.3 Å². The van der Waals surface area contributed by atoms with Crippen molar-refractivity contribution < 1.29 is 9.53 Å². The van der Waals surface area contributed by atoms with Crippen LogP contribution >= 0.6 is 23.5 Å². The van der Waals surface area contributed by atoms with Gasteiger partial charge in [-0.2, -0.15) is 11.8 Å². The minimum Gasteiger partial charge on any atom is -0.496 e. The molecule has 0 spiro atoms. The number of aryl methyl sites for hydroxylation is 2. The standard InChI is InChI=1S/C15H20O2S2/c1-9-7-10(2)13(12(8-9)17-4)14(16)15-11(3)18-5-6-19-15/h7-8,11,15H,5-6H2,1-4H3. The Morgan fingerprint density at radius 1 is 1.26 bits per heavy atom. The lowest BCUT2D eigenvalue weighted by atomic mass is 9.98. The first kappa shape index (κ1) is 14.8. The third-order valence-corrected chi connectivity index (χ3v) is 6.45. The Kier molecular flexibility index (Phi) is 4.85. The second kappa shape index (κ2) is 6.23. The molecule has 0 bridgehead atoms. The van der Waals surface area contributed by atoms with Crippen molar-refractivity contribution >= 4 is 29.3 Å². The van der Waals surface area contributed by atoms with Crippen molar-refractivity contribution in [1.29, 1.82) is 0 Å². The summed E-state index contributed by atoms with van der Waals surface area (Å²) in [6.45, 7) is 6.17. The van der Waals surface area contributed by atoms with Gasteiger partial charge in [0.15, 0.2) is 5.78 Å². The average Bonchev–Trinajstić information content (AvgIpc) is 2.37. The molecule has 4 heteroatoms. The van der Waals surface area contributed by atoms with Gasteiger partial charge < -0.3 is 4.74 Å². The van der Waals surface area contributed by atoms with Gasteiger partial charge in [-0.25, -0.2) is 0 Å². The Hall–Kier alpha value is -0.610. The van der Waals surface area contributed by atoms with Gasteiger partial charge in [0.25, 0.3) is 0 Å². The number of carbonyl (C=O) groups excluding carboxylic acids is 1. The molecule has 0 amide bonds. The first-order chi connectivity index (χ1) is 9.04. The van der Waals surface area contributed by atoms with Crippen LogP contribution in [0.1, 0.15) is 28.4 Å². The summed E-state index contributed by atoms with van der Waals surface area (Å²) in [6.07, 6.45) is 0. The second-order valence-corrected chi connectivity index (χ2v) is 7.63. The van der Waals surface area contributed by atoms with E-state index < -0.39 is 0 Å². The summed E-state index contributed by atoms with van der Waals surface area (Å²) in [7, 11) is 1.64. The van der Waals surface area contributed by atoms with Gasteiger partial charge in [-0.15, -0.1) is 11.8 Å². The lowest BCUT2D eigenvalue weighted by Crippen LogP contribution is -2.31. The first-order valence-electron chi connectivity index (χ1n) is 6.47. The molecule has 104 valence electrons. The summed E-state index contributed by atoms with van der Waals surface area (Å²) in [6, 6.07) is 4.01. The Morgan fingerprint density at radius 3 is 2.58 bits per heavy atom. The number of methoxy groups -OCH3 is 1. The van der Waals surface area contributed by atoms with Crippen molar-refractivity contribution in [3.05, 3.63) is 28.8 Å². The molecular weight excluding hydrogens is 276 g/mol. The van der Waals surface area contributed by atoms with Crippen LogP contribution in [0.2, 0.25) is 0 Å². The van der Waals surface area contributed by atoms with Crippen molar-refractivity contribution in [3.8, 4) is 5.75 Å². The zero-order valence-electron chi connectivity index (χ0n) is 11.9.